The highest BCUT2D eigenvalue weighted by molar-refractivity contribution is 7.17. The molecule has 0 aliphatic rings. The summed E-state index contributed by atoms with van der Waals surface area (Å²) in [5.74, 6) is 0.702. The maximum absolute atomic E-state index is 10.1. The number of aromatic nitrogens is 2. The fourth-order valence-electron chi connectivity index (χ4n) is 2.55. The summed E-state index contributed by atoms with van der Waals surface area (Å²) in [6.45, 7) is 0. The van der Waals surface area contributed by atoms with Crippen molar-refractivity contribution in [2.45, 2.75) is 0 Å². The van der Waals surface area contributed by atoms with E-state index >= 15 is 0 Å². The van der Waals surface area contributed by atoms with E-state index in [1.54, 1.807) is 12.1 Å². The van der Waals surface area contributed by atoms with Gasteiger partial charge >= 0.3 is 0 Å². The molecule has 25 heavy (non-hydrogen) atoms. The molecule has 0 spiro atoms. The second kappa shape index (κ2) is 6.52. The summed E-state index contributed by atoms with van der Waals surface area (Å²) in [6.07, 6.45) is 1.49. The van der Waals surface area contributed by atoms with E-state index in [0.717, 1.165) is 21.3 Å². The van der Waals surface area contributed by atoms with Crippen LogP contribution in [0.4, 0.5) is 11.5 Å². The predicted molar refractivity (Wildman–Crippen MR) is 104 cm³/mol. The van der Waals surface area contributed by atoms with Gasteiger partial charge in [0.1, 0.15) is 22.7 Å². The van der Waals surface area contributed by atoms with Gasteiger partial charge in [0.15, 0.2) is 0 Å². The van der Waals surface area contributed by atoms with E-state index < -0.39 is 0 Å². The first kappa shape index (κ1) is 16.1. The van der Waals surface area contributed by atoms with Crippen LogP contribution in [0.15, 0.2) is 54.2 Å². The van der Waals surface area contributed by atoms with Gasteiger partial charge in [0, 0.05) is 21.0 Å². The normalized spacial score (nSPS) is 11.0. The molecular formula is C18H11Cl2N3OS. The number of hydrogen-bond acceptors (Lipinski definition) is 5. The summed E-state index contributed by atoms with van der Waals surface area (Å²) >= 11 is 13.5. The Hall–Kier alpha value is -2.34. The zero-order chi connectivity index (χ0) is 17.4. The molecule has 2 heterocycles. The highest BCUT2D eigenvalue weighted by atomic mass is 35.5. The summed E-state index contributed by atoms with van der Waals surface area (Å²) in [4.78, 5) is 9.54. The minimum Gasteiger partial charge on any atom is -0.506 e. The number of nitrogens with one attached hydrogen (secondary N) is 1. The van der Waals surface area contributed by atoms with Crippen LogP contribution in [0.3, 0.4) is 0 Å². The first-order valence-electron chi connectivity index (χ1n) is 7.35. The van der Waals surface area contributed by atoms with Gasteiger partial charge < -0.3 is 10.4 Å². The lowest BCUT2D eigenvalue weighted by molar-refractivity contribution is 0.478. The third-order valence-corrected chi connectivity index (χ3v) is 5.11. The van der Waals surface area contributed by atoms with Crippen molar-refractivity contribution in [1.82, 2.24) is 9.97 Å². The van der Waals surface area contributed by atoms with Crippen LogP contribution in [0.5, 0.6) is 5.75 Å². The molecule has 2 N–H and O–H groups in total. The van der Waals surface area contributed by atoms with Gasteiger partial charge in [-0.1, -0.05) is 35.3 Å². The molecule has 0 saturated heterocycles. The predicted octanol–water partition coefficient (Wildman–Crippen LogP) is 6.11. The molecule has 7 heteroatoms. The van der Waals surface area contributed by atoms with E-state index in [4.69, 9.17) is 23.2 Å². The zero-order valence-corrected chi connectivity index (χ0v) is 15.0. The molecule has 0 amide bonds. The number of fused-ring (bicyclic) bond motifs is 1. The minimum absolute atomic E-state index is 0.0967. The van der Waals surface area contributed by atoms with Gasteiger partial charge in [-0.25, -0.2) is 9.97 Å². The van der Waals surface area contributed by atoms with E-state index in [2.05, 4.69) is 15.3 Å². The maximum atomic E-state index is 10.1. The summed E-state index contributed by atoms with van der Waals surface area (Å²) in [7, 11) is 0. The third-order valence-electron chi connectivity index (χ3n) is 3.74. The lowest BCUT2D eigenvalue weighted by Crippen LogP contribution is -1.96. The number of hydrogen-bond donors (Lipinski definition) is 2. The molecule has 0 aliphatic carbocycles. The van der Waals surface area contributed by atoms with Crippen molar-refractivity contribution in [2.75, 3.05) is 5.32 Å². The van der Waals surface area contributed by atoms with Crippen LogP contribution < -0.4 is 5.32 Å². The van der Waals surface area contributed by atoms with Crippen LogP contribution in [-0.2, 0) is 0 Å². The van der Waals surface area contributed by atoms with E-state index in [-0.39, 0.29) is 5.75 Å². The monoisotopic (exact) mass is 387 g/mol. The van der Waals surface area contributed by atoms with Gasteiger partial charge in [0.2, 0.25) is 0 Å². The van der Waals surface area contributed by atoms with Crippen molar-refractivity contribution in [3.05, 3.63) is 64.2 Å². The van der Waals surface area contributed by atoms with Crippen LogP contribution in [0.1, 0.15) is 0 Å². The Labute approximate surface area is 157 Å². The average molecular weight is 388 g/mol. The molecule has 0 aliphatic heterocycles. The molecule has 0 bridgehead atoms. The smallest absolute Gasteiger partial charge is 0.143 e. The number of aromatic hydroxyl groups is 1. The van der Waals surface area contributed by atoms with E-state index in [1.807, 2.05) is 29.6 Å². The van der Waals surface area contributed by atoms with Crippen LogP contribution >= 0.6 is 34.5 Å². The van der Waals surface area contributed by atoms with Crippen LogP contribution in [0, 0.1) is 0 Å². The van der Waals surface area contributed by atoms with Crippen molar-refractivity contribution in [3.8, 4) is 16.9 Å². The van der Waals surface area contributed by atoms with Crippen LogP contribution in [0.2, 0.25) is 10.0 Å². The molecule has 0 saturated carbocycles. The van der Waals surface area contributed by atoms with Gasteiger partial charge in [-0.2, -0.15) is 0 Å². The molecular weight excluding hydrogens is 377 g/mol. The Balaban J connectivity index is 1.85. The first-order chi connectivity index (χ1) is 12.1. The van der Waals surface area contributed by atoms with E-state index in [9.17, 15) is 5.11 Å². The van der Waals surface area contributed by atoms with Gasteiger partial charge in [-0.15, -0.1) is 11.3 Å². The molecule has 4 aromatic rings. The molecule has 0 unspecified atom stereocenters. The number of nitrogens with zero attached hydrogens (tertiary/aromatic N) is 2. The summed E-state index contributed by atoms with van der Waals surface area (Å²) in [5.41, 5.74) is 2.51. The summed E-state index contributed by atoms with van der Waals surface area (Å²) < 4.78 is 0. The van der Waals surface area contributed by atoms with Crippen LogP contribution in [0.25, 0.3) is 21.3 Å². The number of phenolic OH excluding ortho intramolecular Hbond substituents is 1. The molecule has 0 fully saturated rings. The third kappa shape index (κ3) is 3.14. The van der Waals surface area contributed by atoms with Crippen molar-refractivity contribution in [3.63, 3.8) is 0 Å². The topological polar surface area (TPSA) is 58.0 Å². The van der Waals surface area contributed by atoms with Crippen molar-refractivity contribution in [2.24, 2.45) is 0 Å². The Morgan fingerprint density at radius 3 is 2.52 bits per heavy atom. The van der Waals surface area contributed by atoms with Gasteiger partial charge in [0.25, 0.3) is 0 Å². The number of benzene rings is 2. The second-order valence-electron chi connectivity index (χ2n) is 5.35. The fraction of sp³-hybridized carbons (Fsp3) is 0. The lowest BCUT2D eigenvalue weighted by Gasteiger charge is -2.10. The zero-order valence-electron chi connectivity index (χ0n) is 12.7. The molecule has 4 nitrogen and oxygen atoms in total. The number of thiophene rings is 1. The van der Waals surface area contributed by atoms with Gasteiger partial charge in [-0.05, 0) is 35.9 Å². The fourth-order valence-corrected chi connectivity index (χ4v) is 3.76. The van der Waals surface area contributed by atoms with E-state index in [1.165, 1.54) is 23.7 Å². The largest absolute Gasteiger partial charge is 0.506 e. The second-order valence-corrected chi connectivity index (χ2v) is 7.08. The van der Waals surface area contributed by atoms with E-state index in [0.29, 0.717) is 21.6 Å². The Bertz CT molecular complexity index is 1060. The first-order valence-corrected chi connectivity index (χ1v) is 8.99. The molecule has 2 aromatic carbocycles. The summed E-state index contributed by atoms with van der Waals surface area (Å²) in [6, 6.07) is 12.4. The standard InChI is InChI=1S/C18H11Cl2N3OS/c19-11-3-1-10(2-4-11)13-8-25-18-16(13)17(21-9-22-18)23-14-7-12(20)5-6-15(14)24/h1-9,24H,(H,21,22,23). The Morgan fingerprint density at radius 2 is 1.72 bits per heavy atom. The molecule has 4 rings (SSSR count). The molecule has 0 atom stereocenters. The van der Waals surface area contributed by atoms with Crippen LogP contribution in [-0.4, -0.2) is 15.1 Å². The molecule has 0 radical (unpaired) electrons. The number of halogens is 2. The van der Waals surface area contributed by atoms with Crippen molar-refractivity contribution in [1.29, 1.82) is 0 Å². The van der Waals surface area contributed by atoms with Crippen molar-refractivity contribution < 1.29 is 5.11 Å². The molecule has 2 aromatic heterocycles. The Morgan fingerprint density at radius 1 is 0.960 bits per heavy atom. The molecule has 124 valence electrons. The Kier molecular flexibility index (Phi) is 4.21. The maximum Gasteiger partial charge on any atom is 0.143 e. The summed E-state index contributed by atoms with van der Waals surface area (Å²) in [5, 5.41) is 17.3. The highest BCUT2D eigenvalue weighted by Crippen LogP contribution is 2.39. The van der Waals surface area contributed by atoms with Crippen molar-refractivity contribution >= 4 is 56.3 Å². The number of rotatable bonds is 3. The van der Waals surface area contributed by atoms with Gasteiger partial charge in [-0.3, -0.25) is 0 Å². The van der Waals surface area contributed by atoms with Gasteiger partial charge in [0.05, 0.1) is 11.1 Å². The SMILES string of the molecule is Oc1ccc(Cl)cc1Nc1ncnc2scc(-c3ccc(Cl)cc3)c12. The average Bonchev–Trinajstić information content (AvgIpc) is 3.04. The lowest BCUT2D eigenvalue weighted by atomic mass is 10.1. The minimum atomic E-state index is 0.0967. The number of phenols is 1. The quantitative estimate of drug-likeness (QED) is 0.416. The highest BCUT2D eigenvalue weighted by Gasteiger charge is 2.14. The number of anilines is 2.